The zero-order chi connectivity index (χ0) is 19.1. The molecular weight excluding hydrogens is 352 g/mol. The van der Waals surface area contributed by atoms with Gasteiger partial charge in [0.05, 0.1) is 0 Å². The Labute approximate surface area is 161 Å². The van der Waals surface area contributed by atoms with Crippen LogP contribution in [-0.4, -0.2) is 6.79 Å². The Morgan fingerprint density at radius 2 is 1.79 bits per heavy atom. The second-order valence-corrected chi connectivity index (χ2v) is 6.64. The predicted octanol–water partition coefficient (Wildman–Crippen LogP) is 4.45. The van der Waals surface area contributed by atoms with E-state index in [4.69, 9.17) is 19.9 Å². The van der Waals surface area contributed by atoms with E-state index in [1.165, 1.54) is 0 Å². The van der Waals surface area contributed by atoms with Crippen molar-refractivity contribution in [3.63, 3.8) is 0 Å². The van der Waals surface area contributed by atoms with Gasteiger partial charge in [-0.15, -0.1) is 0 Å². The number of ether oxygens (including phenoxy) is 3. The first-order chi connectivity index (χ1) is 13.7. The minimum Gasteiger partial charge on any atom is -0.454 e. The highest BCUT2D eigenvalue weighted by atomic mass is 16.7. The van der Waals surface area contributed by atoms with Gasteiger partial charge in [-0.1, -0.05) is 54.6 Å². The maximum Gasteiger partial charge on any atom is 0.231 e. The van der Waals surface area contributed by atoms with Crippen LogP contribution < -0.4 is 19.9 Å². The monoisotopic (exact) mass is 368 g/mol. The first-order valence-corrected chi connectivity index (χ1v) is 8.91. The van der Waals surface area contributed by atoms with Crippen molar-refractivity contribution in [2.24, 2.45) is 5.73 Å². The summed E-state index contributed by atoms with van der Waals surface area (Å²) in [5.74, 6) is 1.62. The molecule has 2 aliphatic heterocycles. The number of benzene rings is 3. The van der Waals surface area contributed by atoms with Crippen molar-refractivity contribution in [2.75, 3.05) is 6.79 Å². The van der Waals surface area contributed by atoms with Crippen molar-refractivity contribution in [1.82, 2.24) is 0 Å². The molecular formula is C23H16N2O3. The molecule has 0 unspecified atom stereocenters. The number of hydrogen-bond donors (Lipinski definition) is 1. The molecule has 3 aromatic carbocycles. The minimum absolute atomic E-state index is 0.112. The Bertz CT molecular complexity index is 1200. The quantitative estimate of drug-likeness (QED) is 0.723. The van der Waals surface area contributed by atoms with Crippen molar-refractivity contribution in [2.45, 2.75) is 5.92 Å². The van der Waals surface area contributed by atoms with Crippen LogP contribution in [0.25, 0.3) is 16.8 Å². The van der Waals surface area contributed by atoms with Gasteiger partial charge in [0.25, 0.3) is 0 Å². The van der Waals surface area contributed by atoms with Crippen molar-refractivity contribution in [3.05, 3.63) is 83.3 Å². The Morgan fingerprint density at radius 3 is 2.64 bits per heavy atom. The number of nitrogens with two attached hydrogens (primary N) is 1. The SMILES string of the molecule is N#CC1=C(N)Oc2cc3c(cc2[C@@H]1/C=C/c1cccc2ccccc12)OCO3. The van der Waals surface area contributed by atoms with Gasteiger partial charge in [-0.3, -0.25) is 0 Å². The highest BCUT2D eigenvalue weighted by Crippen LogP contribution is 2.46. The van der Waals surface area contributed by atoms with Crippen molar-refractivity contribution in [3.8, 4) is 23.3 Å². The summed E-state index contributed by atoms with van der Waals surface area (Å²) in [6.45, 7) is 0.169. The second-order valence-electron chi connectivity index (χ2n) is 6.64. The van der Waals surface area contributed by atoms with Gasteiger partial charge in [-0.25, -0.2) is 0 Å². The summed E-state index contributed by atoms with van der Waals surface area (Å²) in [4.78, 5) is 0. The molecule has 5 nitrogen and oxygen atoms in total. The number of allylic oxidation sites excluding steroid dienone is 2. The van der Waals surface area contributed by atoms with Crippen LogP contribution in [0.3, 0.4) is 0 Å². The lowest BCUT2D eigenvalue weighted by Gasteiger charge is -2.24. The van der Waals surface area contributed by atoms with E-state index in [9.17, 15) is 5.26 Å². The average molecular weight is 368 g/mol. The Balaban J connectivity index is 1.62. The van der Waals surface area contributed by atoms with E-state index in [0.29, 0.717) is 22.8 Å². The molecule has 2 aliphatic rings. The first-order valence-electron chi connectivity index (χ1n) is 8.91. The van der Waals surface area contributed by atoms with E-state index < -0.39 is 0 Å². The molecule has 2 N–H and O–H groups in total. The van der Waals surface area contributed by atoms with E-state index in [-0.39, 0.29) is 18.6 Å². The molecule has 2 heterocycles. The molecule has 0 amide bonds. The molecule has 0 saturated heterocycles. The molecule has 5 rings (SSSR count). The third-order valence-electron chi connectivity index (χ3n) is 5.05. The summed E-state index contributed by atoms with van der Waals surface area (Å²) in [7, 11) is 0. The van der Waals surface area contributed by atoms with Gasteiger partial charge < -0.3 is 19.9 Å². The summed E-state index contributed by atoms with van der Waals surface area (Å²) >= 11 is 0. The largest absolute Gasteiger partial charge is 0.454 e. The number of rotatable bonds is 2. The fourth-order valence-electron chi connectivity index (χ4n) is 3.67. The molecule has 3 aromatic rings. The van der Waals surface area contributed by atoms with Crippen molar-refractivity contribution < 1.29 is 14.2 Å². The third-order valence-corrected chi connectivity index (χ3v) is 5.05. The Hall–Kier alpha value is -3.91. The molecule has 0 bridgehead atoms. The van der Waals surface area contributed by atoms with Gasteiger partial charge in [0, 0.05) is 17.5 Å². The second kappa shape index (κ2) is 6.36. The first kappa shape index (κ1) is 16.3. The van der Waals surface area contributed by atoms with Crippen LogP contribution in [0.2, 0.25) is 0 Å². The van der Waals surface area contributed by atoms with Crippen LogP contribution in [0.1, 0.15) is 17.0 Å². The number of nitriles is 1. The van der Waals surface area contributed by atoms with E-state index in [1.807, 2.05) is 36.4 Å². The summed E-state index contributed by atoms with van der Waals surface area (Å²) in [5.41, 5.74) is 8.30. The lowest BCUT2D eigenvalue weighted by atomic mass is 9.88. The van der Waals surface area contributed by atoms with Gasteiger partial charge in [0.2, 0.25) is 12.7 Å². The Kier molecular flexibility index (Phi) is 3.70. The standard InChI is InChI=1S/C23H16N2O3/c24-12-19-17(9-8-15-6-3-5-14-4-1-2-7-16(14)15)18-10-21-22(27-13-26-21)11-20(18)28-23(19)25/h1-11,17H,13,25H2/b9-8+/t17-/m0/s1. The van der Waals surface area contributed by atoms with Crippen LogP contribution in [0.15, 0.2) is 72.1 Å². The van der Waals surface area contributed by atoms with Gasteiger partial charge in [0.1, 0.15) is 17.4 Å². The van der Waals surface area contributed by atoms with Crippen LogP contribution in [-0.2, 0) is 0 Å². The summed E-state index contributed by atoms with van der Waals surface area (Å²) < 4.78 is 16.6. The topological polar surface area (TPSA) is 77.5 Å². The van der Waals surface area contributed by atoms with Crippen LogP contribution in [0.5, 0.6) is 17.2 Å². The van der Waals surface area contributed by atoms with E-state index in [1.54, 1.807) is 6.07 Å². The zero-order valence-corrected chi connectivity index (χ0v) is 14.9. The third kappa shape index (κ3) is 2.55. The molecule has 0 aromatic heterocycles. The predicted molar refractivity (Wildman–Crippen MR) is 106 cm³/mol. The van der Waals surface area contributed by atoms with E-state index in [0.717, 1.165) is 21.9 Å². The molecule has 0 saturated carbocycles. The summed E-state index contributed by atoms with van der Waals surface area (Å²) in [6, 6.07) is 20.2. The smallest absolute Gasteiger partial charge is 0.231 e. The number of hydrogen-bond acceptors (Lipinski definition) is 5. The fraction of sp³-hybridized carbons (Fsp3) is 0.0870. The normalized spacial score (nSPS) is 17.5. The lowest BCUT2D eigenvalue weighted by molar-refractivity contribution is 0.174. The van der Waals surface area contributed by atoms with Crippen LogP contribution >= 0.6 is 0 Å². The molecule has 1 atom stereocenters. The molecule has 0 fully saturated rings. The number of fused-ring (bicyclic) bond motifs is 3. The van der Waals surface area contributed by atoms with Crippen LogP contribution in [0.4, 0.5) is 0 Å². The van der Waals surface area contributed by atoms with Gasteiger partial charge in [-0.2, -0.15) is 5.26 Å². The van der Waals surface area contributed by atoms with E-state index >= 15 is 0 Å². The minimum atomic E-state index is -0.331. The molecule has 0 spiro atoms. The fourth-order valence-corrected chi connectivity index (χ4v) is 3.67. The summed E-state index contributed by atoms with van der Waals surface area (Å²) in [6.07, 6.45) is 4.01. The molecule has 0 aliphatic carbocycles. The molecule has 28 heavy (non-hydrogen) atoms. The average Bonchev–Trinajstić information content (AvgIpc) is 3.17. The maximum atomic E-state index is 9.66. The lowest BCUT2D eigenvalue weighted by Crippen LogP contribution is -2.19. The van der Waals surface area contributed by atoms with E-state index in [2.05, 4.69) is 30.3 Å². The van der Waals surface area contributed by atoms with Crippen LogP contribution in [0, 0.1) is 11.3 Å². The van der Waals surface area contributed by atoms with Crippen molar-refractivity contribution in [1.29, 1.82) is 5.26 Å². The zero-order valence-electron chi connectivity index (χ0n) is 14.9. The maximum absolute atomic E-state index is 9.66. The van der Waals surface area contributed by atoms with Gasteiger partial charge >= 0.3 is 0 Å². The number of nitrogens with zero attached hydrogens (tertiary/aromatic N) is 1. The Morgan fingerprint density at radius 1 is 1.00 bits per heavy atom. The molecule has 0 radical (unpaired) electrons. The highest BCUT2D eigenvalue weighted by molar-refractivity contribution is 5.90. The highest BCUT2D eigenvalue weighted by Gasteiger charge is 2.30. The van der Waals surface area contributed by atoms with Gasteiger partial charge in [-0.05, 0) is 22.4 Å². The summed E-state index contributed by atoms with van der Waals surface area (Å²) in [5, 5.41) is 12.0. The molecule has 5 heteroatoms. The van der Waals surface area contributed by atoms with Crippen molar-refractivity contribution >= 4 is 16.8 Å². The molecule has 136 valence electrons. The van der Waals surface area contributed by atoms with Gasteiger partial charge in [0.15, 0.2) is 11.5 Å².